The summed E-state index contributed by atoms with van der Waals surface area (Å²) in [6.07, 6.45) is 0. The van der Waals surface area contributed by atoms with Crippen LogP contribution < -0.4 is 10.1 Å². The Labute approximate surface area is 119 Å². The summed E-state index contributed by atoms with van der Waals surface area (Å²) in [7, 11) is 0. The van der Waals surface area contributed by atoms with Crippen LogP contribution in [-0.2, 0) is 6.54 Å². The molecule has 0 atom stereocenters. The number of pyridine rings is 1. The van der Waals surface area contributed by atoms with Crippen LogP contribution in [0.15, 0.2) is 42.5 Å². The quantitative estimate of drug-likeness (QED) is 0.857. The summed E-state index contributed by atoms with van der Waals surface area (Å²) >= 11 is 0. The molecule has 0 bridgehead atoms. The Morgan fingerprint density at radius 1 is 1.24 bits per heavy atom. The van der Waals surface area contributed by atoms with E-state index in [9.17, 15) is 13.6 Å². The van der Waals surface area contributed by atoms with Gasteiger partial charge in [-0.1, -0.05) is 18.2 Å². The van der Waals surface area contributed by atoms with E-state index < -0.39 is 12.6 Å². The first-order valence-corrected chi connectivity index (χ1v) is 6.03. The van der Waals surface area contributed by atoms with Crippen LogP contribution in [0.1, 0.15) is 16.2 Å². The van der Waals surface area contributed by atoms with Crippen LogP contribution in [0.4, 0.5) is 14.5 Å². The van der Waals surface area contributed by atoms with Crippen molar-refractivity contribution in [1.29, 1.82) is 0 Å². The molecule has 1 heterocycles. The second-order valence-electron chi connectivity index (χ2n) is 4.05. The molecule has 5 nitrogen and oxygen atoms in total. The molecule has 0 aliphatic heterocycles. The second kappa shape index (κ2) is 6.65. The van der Waals surface area contributed by atoms with Gasteiger partial charge in [0.2, 0.25) is 0 Å². The number of aromatic nitrogens is 1. The third kappa shape index (κ3) is 4.13. The summed E-state index contributed by atoms with van der Waals surface area (Å²) in [4.78, 5) is 14.7. The zero-order valence-corrected chi connectivity index (χ0v) is 10.8. The number of nitrogens with one attached hydrogen (secondary N) is 1. The average Bonchev–Trinajstić information content (AvgIpc) is 2.46. The molecule has 2 N–H and O–H groups in total. The van der Waals surface area contributed by atoms with Gasteiger partial charge in [-0.25, -0.2) is 9.78 Å². The van der Waals surface area contributed by atoms with Crippen LogP contribution in [-0.4, -0.2) is 22.7 Å². The fourth-order valence-electron chi connectivity index (χ4n) is 1.69. The number of carbonyl (C=O) groups is 1. The molecule has 0 spiro atoms. The Morgan fingerprint density at radius 2 is 2.00 bits per heavy atom. The molecule has 0 aliphatic rings. The number of rotatable bonds is 6. The third-order valence-electron chi connectivity index (χ3n) is 2.59. The van der Waals surface area contributed by atoms with Crippen LogP contribution in [0, 0.1) is 0 Å². The molecule has 1 aromatic carbocycles. The van der Waals surface area contributed by atoms with Gasteiger partial charge in [0.1, 0.15) is 11.4 Å². The van der Waals surface area contributed by atoms with E-state index in [-0.39, 0.29) is 18.0 Å². The van der Waals surface area contributed by atoms with E-state index in [1.165, 1.54) is 12.1 Å². The van der Waals surface area contributed by atoms with Gasteiger partial charge in [0.05, 0.1) is 17.9 Å². The molecule has 0 aliphatic carbocycles. The number of alkyl halides is 2. The highest BCUT2D eigenvalue weighted by molar-refractivity contribution is 5.85. The number of ether oxygens (including phenoxy) is 1. The topological polar surface area (TPSA) is 71.5 Å². The van der Waals surface area contributed by atoms with Gasteiger partial charge in [-0.2, -0.15) is 8.78 Å². The van der Waals surface area contributed by atoms with E-state index in [1.807, 2.05) is 0 Å². The first-order chi connectivity index (χ1) is 10.1. The van der Waals surface area contributed by atoms with Gasteiger partial charge in [-0.3, -0.25) is 0 Å². The number of anilines is 1. The van der Waals surface area contributed by atoms with Crippen LogP contribution in [0.2, 0.25) is 0 Å². The maximum atomic E-state index is 12.3. The molecule has 1 aromatic heterocycles. The minimum atomic E-state index is -2.92. The number of aromatic carboxylic acids is 1. The highest BCUT2D eigenvalue weighted by Crippen LogP contribution is 2.25. The molecule has 0 radical (unpaired) electrons. The molecule has 2 aromatic rings. The van der Waals surface area contributed by atoms with Crippen LogP contribution in [0.5, 0.6) is 5.75 Å². The normalized spacial score (nSPS) is 10.4. The maximum Gasteiger partial charge on any atom is 0.387 e. The largest absolute Gasteiger partial charge is 0.477 e. The minimum Gasteiger partial charge on any atom is -0.477 e. The average molecular weight is 294 g/mol. The molecule has 0 saturated heterocycles. The Kier molecular flexibility index (Phi) is 4.65. The number of nitrogens with zero attached hydrogens (tertiary/aromatic N) is 1. The molecule has 0 unspecified atom stereocenters. The van der Waals surface area contributed by atoms with Crippen molar-refractivity contribution in [2.75, 3.05) is 5.32 Å². The predicted octanol–water partition coefficient (Wildman–Crippen LogP) is 2.99. The van der Waals surface area contributed by atoms with Crippen LogP contribution >= 0.6 is 0 Å². The van der Waals surface area contributed by atoms with Crippen LogP contribution in [0.3, 0.4) is 0 Å². The summed E-state index contributed by atoms with van der Waals surface area (Å²) in [5.74, 6) is -1.11. The van der Waals surface area contributed by atoms with E-state index in [0.717, 1.165) is 0 Å². The lowest BCUT2D eigenvalue weighted by Gasteiger charge is -2.12. The molecule has 21 heavy (non-hydrogen) atoms. The number of carboxylic acids is 1. The third-order valence-corrected chi connectivity index (χ3v) is 2.59. The van der Waals surface area contributed by atoms with Crippen molar-refractivity contribution in [3.05, 3.63) is 53.9 Å². The smallest absolute Gasteiger partial charge is 0.387 e. The minimum absolute atomic E-state index is 0.0156. The van der Waals surface area contributed by atoms with Crippen molar-refractivity contribution < 1.29 is 23.4 Å². The van der Waals surface area contributed by atoms with Crippen molar-refractivity contribution in [3.63, 3.8) is 0 Å². The lowest BCUT2D eigenvalue weighted by atomic mass is 10.2. The number of halogens is 2. The number of hydrogen-bond acceptors (Lipinski definition) is 4. The standard InChI is InChI=1S/C14H12F2N2O3/c15-14(16)21-12-7-2-1-5-10(12)17-8-9-4-3-6-11(18-9)13(19)20/h1-7,14,17H,8H2,(H,19,20). The lowest BCUT2D eigenvalue weighted by molar-refractivity contribution is -0.0493. The summed E-state index contributed by atoms with van der Waals surface area (Å²) < 4.78 is 28.9. The summed E-state index contributed by atoms with van der Waals surface area (Å²) in [5.41, 5.74) is 0.772. The Bertz CT molecular complexity index is 635. The van der Waals surface area contributed by atoms with Gasteiger partial charge < -0.3 is 15.2 Å². The van der Waals surface area contributed by atoms with Crippen molar-refractivity contribution in [2.24, 2.45) is 0 Å². The van der Waals surface area contributed by atoms with Gasteiger partial charge in [0, 0.05) is 0 Å². The highest BCUT2D eigenvalue weighted by Gasteiger charge is 2.09. The Hall–Kier alpha value is -2.70. The molecule has 7 heteroatoms. The Balaban J connectivity index is 2.09. The number of carboxylic acid groups (broad SMARTS) is 1. The summed E-state index contributed by atoms with van der Waals surface area (Å²) in [5, 5.41) is 11.7. The van der Waals surface area contributed by atoms with Crippen molar-refractivity contribution >= 4 is 11.7 Å². The van der Waals surface area contributed by atoms with Crippen LogP contribution in [0.25, 0.3) is 0 Å². The van der Waals surface area contributed by atoms with Crippen molar-refractivity contribution in [3.8, 4) is 5.75 Å². The fourth-order valence-corrected chi connectivity index (χ4v) is 1.69. The summed E-state index contributed by atoms with van der Waals surface area (Å²) in [6, 6.07) is 10.8. The second-order valence-corrected chi connectivity index (χ2v) is 4.05. The van der Waals surface area contributed by atoms with E-state index in [1.54, 1.807) is 30.3 Å². The molecular formula is C14H12F2N2O3. The zero-order valence-electron chi connectivity index (χ0n) is 10.8. The summed E-state index contributed by atoms with van der Waals surface area (Å²) in [6.45, 7) is -2.73. The number of hydrogen-bond donors (Lipinski definition) is 2. The first-order valence-electron chi connectivity index (χ1n) is 6.03. The predicted molar refractivity (Wildman–Crippen MR) is 71.6 cm³/mol. The molecule has 110 valence electrons. The lowest BCUT2D eigenvalue weighted by Crippen LogP contribution is -2.08. The van der Waals surface area contributed by atoms with E-state index in [4.69, 9.17) is 5.11 Å². The Morgan fingerprint density at radius 3 is 2.71 bits per heavy atom. The zero-order chi connectivity index (χ0) is 15.2. The number of benzene rings is 1. The molecule has 2 rings (SSSR count). The molecule has 0 fully saturated rings. The number of para-hydroxylation sites is 2. The van der Waals surface area contributed by atoms with Gasteiger partial charge in [0.15, 0.2) is 0 Å². The molecule has 0 amide bonds. The molecular weight excluding hydrogens is 282 g/mol. The van der Waals surface area contributed by atoms with Crippen molar-refractivity contribution in [2.45, 2.75) is 13.2 Å². The SMILES string of the molecule is O=C(O)c1cccc(CNc2ccccc2OC(F)F)n1. The van der Waals surface area contributed by atoms with Gasteiger partial charge in [-0.05, 0) is 24.3 Å². The molecule has 0 saturated carbocycles. The monoisotopic (exact) mass is 294 g/mol. The first kappa shape index (κ1) is 14.7. The highest BCUT2D eigenvalue weighted by atomic mass is 19.3. The fraction of sp³-hybridized carbons (Fsp3) is 0.143. The maximum absolute atomic E-state index is 12.3. The van der Waals surface area contributed by atoms with E-state index in [0.29, 0.717) is 11.4 Å². The van der Waals surface area contributed by atoms with Gasteiger partial charge in [-0.15, -0.1) is 0 Å². The van der Waals surface area contributed by atoms with E-state index >= 15 is 0 Å². The van der Waals surface area contributed by atoms with Gasteiger partial charge >= 0.3 is 12.6 Å². The van der Waals surface area contributed by atoms with Gasteiger partial charge in [0.25, 0.3) is 0 Å². The van der Waals surface area contributed by atoms with E-state index in [2.05, 4.69) is 15.0 Å². The van der Waals surface area contributed by atoms with Crippen molar-refractivity contribution in [1.82, 2.24) is 4.98 Å².